The molecule has 2 rings (SSSR count). The average molecular weight is 355 g/mol. The van der Waals surface area contributed by atoms with E-state index in [4.69, 9.17) is 11.5 Å². The van der Waals surface area contributed by atoms with Crippen molar-refractivity contribution in [3.05, 3.63) is 28.2 Å². The second kappa shape index (κ2) is 6.80. The van der Waals surface area contributed by atoms with Crippen molar-refractivity contribution < 1.29 is 9.59 Å². The molecule has 5 N–H and O–H groups in total. The Labute approximate surface area is 132 Å². The number of nitrogens with two attached hydrogens (primary N) is 2. The number of nitrogens with zero attached hydrogens (tertiary/aromatic N) is 1. The summed E-state index contributed by atoms with van der Waals surface area (Å²) in [5.74, 6) is 0.188. The fraction of sp³-hybridized carbons (Fsp3) is 0.429. The van der Waals surface area contributed by atoms with Crippen molar-refractivity contribution in [2.45, 2.75) is 12.8 Å². The molecule has 0 bridgehead atoms. The maximum atomic E-state index is 12.6. The zero-order valence-corrected chi connectivity index (χ0v) is 13.2. The van der Waals surface area contributed by atoms with Crippen molar-refractivity contribution in [2.24, 2.45) is 11.7 Å². The molecule has 0 saturated carbocycles. The summed E-state index contributed by atoms with van der Waals surface area (Å²) in [7, 11) is 0. The first-order valence-corrected chi connectivity index (χ1v) is 7.64. The van der Waals surface area contributed by atoms with Crippen LogP contribution in [-0.4, -0.2) is 36.5 Å². The first-order chi connectivity index (χ1) is 9.97. The number of primary amides is 1. The van der Waals surface area contributed by atoms with E-state index in [1.54, 1.807) is 23.1 Å². The van der Waals surface area contributed by atoms with E-state index in [1.165, 1.54) is 0 Å². The zero-order chi connectivity index (χ0) is 15.4. The number of carbonyl (C=O) groups is 2. The zero-order valence-electron chi connectivity index (χ0n) is 11.6. The average Bonchev–Trinajstić information content (AvgIpc) is 2.47. The molecule has 0 aromatic heterocycles. The van der Waals surface area contributed by atoms with Gasteiger partial charge in [-0.25, -0.2) is 4.79 Å². The van der Waals surface area contributed by atoms with Crippen molar-refractivity contribution in [1.82, 2.24) is 10.2 Å². The molecule has 1 aliphatic heterocycles. The first-order valence-electron chi connectivity index (χ1n) is 6.85. The summed E-state index contributed by atoms with van der Waals surface area (Å²) in [5.41, 5.74) is 12.0. The summed E-state index contributed by atoms with van der Waals surface area (Å²) >= 11 is 3.39. The lowest BCUT2D eigenvalue weighted by molar-refractivity contribution is 0.0674. The van der Waals surface area contributed by atoms with E-state index in [0.29, 0.717) is 30.9 Å². The third kappa shape index (κ3) is 4.10. The van der Waals surface area contributed by atoms with Crippen LogP contribution in [0.4, 0.5) is 10.5 Å². The number of nitrogens with one attached hydrogen (secondary N) is 1. The minimum absolute atomic E-state index is 0.0436. The van der Waals surface area contributed by atoms with Gasteiger partial charge in [-0.2, -0.15) is 0 Å². The molecule has 114 valence electrons. The number of carbonyl (C=O) groups excluding carboxylic acids is 2. The highest BCUT2D eigenvalue weighted by molar-refractivity contribution is 9.10. The normalized spacial score (nSPS) is 18.3. The predicted molar refractivity (Wildman–Crippen MR) is 84.8 cm³/mol. The van der Waals surface area contributed by atoms with Crippen molar-refractivity contribution in [3.63, 3.8) is 0 Å². The number of benzene rings is 1. The van der Waals surface area contributed by atoms with Crippen LogP contribution in [-0.2, 0) is 0 Å². The molecule has 1 unspecified atom stereocenters. The number of hydrogen-bond donors (Lipinski definition) is 3. The molecule has 1 fully saturated rings. The number of amides is 3. The minimum Gasteiger partial charge on any atom is -0.399 e. The Balaban J connectivity index is 2.05. The lowest BCUT2D eigenvalue weighted by atomic mass is 9.97. The van der Waals surface area contributed by atoms with Gasteiger partial charge in [-0.15, -0.1) is 0 Å². The number of rotatable bonds is 3. The van der Waals surface area contributed by atoms with Gasteiger partial charge in [0.25, 0.3) is 5.91 Å². The molecule has 3 amide bonds. The molecule has 0 aliphatic carbocycles. The van der Waals surface area contributed by atoms with Crippen molar-refractivity contribution in [3.8, 4) is 0 Å². The van der Waals surface area contributed by atoms with Crippen LogP contribution in [0.5, 0.6) is 0 Å². The summed E-state index contributed by atoms with van der Waals surface area (Å²) in [6.07, 6.45) is 1.89. The molecule has 1 atom stereocenters. The Morgan fingerprint density at radius 1 is 1.43 bits per heavy atom. The van der Waals surface area contributed by atoms with Crippen molar-refractivity contribution in [2.75, 3.05) is 25.4 Å². The van der Waals surface area contributed by atoms with E-state index in [9.17, 15) is 9.59 Å². The van der Waals surface area contributed by atoms with E-state index in [-0.39, 0.29) is 11.8 Å². The highest BCUT2D eigenvalue weighted by atomic mass is 79.9. The van der Waals surface area contributed by atoms with Crippen LogP contribution >= 0.6 is 15.9 Å². The van der Waals surface area contributed by atoms with E-state index < -0.39 is 6.03 Å². The maximum Gasteiger partial charge on any atom is 0.312 e. The molecule has 1 aromatic carbocycles. The third-order valence-electron chi connectivity index (χ3n) is 3.59. The third-order valence-corrected chi connectivity index (χ3v) is 4.28. The summed E-state index contributed by atoms with van der Waals surface area (Å²) in [5, 5.41) is 2.61. The molecule has 1 saturated heterocycles. The summed E-state index contributed by atoms with van der Waals surface area (Å²) in [6.45, 7) is 1.82. The molecular formula is C14H19BrN4O2. The van der Waals surface area contributed by atoms with Crippen molar-refractivity contribution >= 4 is 33.6 Å². The van der Waals surface area contributed by atoms with Crippen LogP contribution in [0.1, 0.15) is 23.2 Å². The predicted octanol–water partition coefficient (Wildman–Crippen LogP) is 1.55. The highest BCUT2D eigenvalue weighted by Crippen LogP contribution is 2.24. The Kier molecular flexibility index (Phi) is 5.06. The first kappa shape index (κ1) is 15.6. The molecular weight excluding hydrogens is 336 g/mol. The molecule has 1 aliphatic rings. The van der Waals surface area contributed by atoms with Crippen LogP contribution in [0.3, 0.4) is 0 Å². The van der Waals surface area contributed by atoms with Gasteiger partial charge in [0.1, 0.15) is 0 Å². The lowest BCUT2D eigenvalue weighted by Gasteiger charge is -2.33. The van der Waals surface area contributed by atoms with Crippen LogP contribution in [0.25, 0.3) is 0 Å². The summed E-state index contributed by atoms with van der Waals surface area (Å²) < 4.78 is 0.735. The number of halogens is 1. The molecule has 1 aromatic rings. The van der Waals surface area contributed by atoms with Gasteiger partial charge in [-0.3, -0.25) is 4.79 Å². The van der Waals surface area contributed by atoms with Gasteiger partial charge in [0.2, 0.25) is 0 Å². The Morgan fingerprint density at radius 3 is 2.90 bits per heavy atom. The second-order valence-electron chi connectivity index (χ2n) is 5.24. The maximum absolute atomic E-state index is 12.6. The number of hydrogen-bond acceptors (Lipinski definition) is 3. The molecule has 7 heteroatoms. The van der Waals surface area contributed by atoms with E-state index >= 15 is 0 Å². The minimum atomic E-state index is -0.531. The lowest BCUT2D eigenvalue weighted by Crippen LogP contribution is -2.44. The van der Waals surface area contributed by atoms with Gasteiger partial charge in [0.05, 0.1) is 5.56 Å². The molecule has 0 spiro atoms. The van der Waals surface area contributed by atoms with Gasteiger partial charge in [0, 0.05) is 29.8 Å². The number of anilines is 1. The van der Waals surface area contributed by atoms with E-state index in [1.807, 2.05) is 0 Å². The largest absolute Gasteiger partial charge is 0.399 e. The Hall–Kier alpha value is -1.76. The summed E-state index contributed by atoms with van der Waals surface area (Å²) in [4.78, 5) is 25.2. The SMILES string of the molecule is NC(=O)NCC1CCCN(C(=O)c2cc(N)ccc2Br)C1. The molecule has 21 heavy (non-hydrogen) atoms. The molecule has 0 radical (unpaired) electrons. The standard InChI is InChI=1S/C14H19BrN4O2/c15-12-4-3-10(16)6-11(12)13(20)19-5-1-2-9(8-19)7-18-14(17)21/h3-4,6,9H,1-2,5,7-8,16H2,(H3,17,18,21). The van der Waals surface area contributed by atoms with Gasteiger partial charge < -0.3 is 21.7 Å². The van der Waals surface area contributed by atoms with Crippen molar-refractivity contribution in [1.29, 1.82) is 0 Å². The molecule has 1 heterocycles. The van der Waals surface area contributed by atoms with Gasteiger partial charge in [-0.1, -0.05) is 0 Å². The van der Waals surface area contributed by atoms with Gasteiger partial charge in [0.15, 0.2) is 0 Å². The van der Waals surface area contributed by atoms with Crippen LogP contribution in [0, 0.1) is 5.92 Å². The monoisotopic (exact) mass is 354 g/mol. The van der Waals surface area contributed by atoms with Crippen LogP contribution in [0.15, 0.2) is 22.7 Å². The van der Waals surface area contributed by atoms with Gasteiger partial charge >= 0.3 is 6.03 Å². The number of piperidine rings is 1. The quantitative estimate of drug-likeness (QED) is 0.717. The van der Waals surface area contributed by atoms with Gasteiger partial charge in [-0.05, 0) is 52.9 Å². The fourth-order valence-electron chi connectivity index (χ4n) is 2.54. The second-order valence-corrected chi connectivity index (χ2v) is 6.10. The molecule has 6 nitrogen and oxygen atoms in total. The van der Waals surface area contributed by atoms with E-state index in [2.05, 4.69) is 21.2 Å². The van der Waals surface area contributed by atoms with Crippen LogP contribution < -0.4 is 16.8 Å². The highest BCUT2D eigenvalue weighted by Gasteiger charge is 2.25. The van der Waals surface area contributed by atoms with Crippen LogP contribution in [0.2, 0.25) is 0 Å². The topological polar surface area (TPSA) is 101 Å². The van der Waals surface area contributed by atoms with E-state index in [0.717, 1.165) is 17.3 Å². The Bertz CT molecular complexity index is 550. The Morgan fingerprint density at radius 2 is 2.19 bits per heavy atom. The smallest absolute Gasteiger partial charge is 0.312 e. The number of likely N-dealkylation sites (tertiary alicyclic amines) is 1. The summed E-state index contributed by atoms with van der Waals surface area (Å²) in [6, 6.07) is 4.67. The fourth-order valence-corrected chi connectivity index (χ4v) is 2.95. The number of nitrogen functional groups attached to an aromatic ring is 1. The number of urea groups is 1.